The van der Waals surface area contributed by atoms with E-state index in [-0.39, 0.29) is 10.3 Å². The van der Waals surface area contributed by atoms with Gasteiger partial charge in [0.05, 0.1) is 4.90 Å². The van der Waals surface area contributed by atoms with Gasteiger partial charge in [0.1, 0.15) is 0 Å². The van der Waals surface area contributed by atoms with Crippen LogP contribution in [-0.4, -0.2) is 29.0 Å². The van der Waals surface area contributed by atoms with Gasteiger partial charge in [-0.25, -0.2) is 8.42 Å². The zero-order valence-electron chi connectivity index (χ0n) is 14.2. The molecule has 7 nitrogen and oxygen atoms in total. The Morgan fingerprint density at radius 1 is 1.04 bits per heavy atom. The van der Waals surface area contributed by atoms with Crippen LogP contribution < -0.4 is 4.72 Å². The van der Waals surface area contributed by atoms with E-state index in [4.69, 9.17) is 0 Å². The zero-order valence-corrected chi connectivity index (χ0v) is 15.0. The lowest BCUT2D eigenvalue weighted by Gasteiger charge is -2.19. The van der Waals surface area contributed by atoms with Gasteiger partial charge in [-0.1, -0.05) is 45.0 Å². The summed E-state index contributed by atoms with van der Waals surface area (Å²) in [5, 5.41) is 13.7. The summed E-state index contributed by atoms with van der Waals surface area (Å²) < 4.78 is 27.8. The van der Waals surface area contributed by atoms with Gasteiger partial charge in [-0.2, -0.15) is 5.21 Å². The number of hydrogen-bond donors (Lipinski definition) is 2. The van der Waals surface area contributed by atoms with Crippen molar-refractivity contribution in [3.8, 4) is 11.4 Å². The first-order valence-electron chi connectivity index (χ1n) is 7.73. The first kappa shape index (κ1) is 17.1. The molecule has 0 radical (unpaired) electrons. The second kappa shape index (κ2) is 6.29. The molecule has 0 bridgehead atoms. The molecular weight excluding hydrogens is 338 g/mol. The number of aromatic amines is 1. The molecule has 0 saturated carbocycles. The van der Waals surface area contributed by atoms with Gasteiger partial charge in [0.2, 0.25) is 5.82 Å². The highest BCUT2D eigenvalue weighted by atomic mass is 32.2. The highest BCUT2D eigenvalue weighted by Crippen LogP contribution is 2.25. The van der Waals surface area contributed by atoms with Crippen molar-refractivity contribution in [3.63, 3.8) is 0 Å². The third kappa shape index (κ3) is 3.85. The van der Waals surface area contributed by atoms with Gasteiger partial charge in [-0.3, -0.25) is 4.72 Å². The summed E-state index contributed by atoms with van der Waals surface area (Å²) in [4.78, 5) is 0.213. The lowest BCUT2D eigenvalue weighted by Crippen LogP contribution is -2.15. The minimum absolute atomic E-state index is 0.0331. The molecule has 3 rings (SSSR count). The molecule has 0 unspecified atom stereocenters. The van der Waals surface area contributed by atoms with Gasteiger partial charge < -0.3 is 0 Å². The Morgan fingerprint density at radius 2 is 1.76 bits per heavy atom. The summed E-state index contributed by atoms with van der Waals surface area (Å²) >= 11 is 0. The minimum atomic E-state index is -3.68. The third-order valence-corrected chi connectivity index (χ3v) is 5.15. The Bertz CT molecular complexity index is 959. The molecule has 25 heavy (non-hydrogen) atoms. The Labute approximate surface area is 146 Å². The van der Waals surface area contributed by atoms with Crippen molar-refractivity contribution < 1.29 is 8.42 Å². The number of benzene rings is 2. The van der Waals surface area contributed by atoms with E-state index >= 15 is 0 Å². The van der Waals surface area contributed by atoms with E-state index in [2.05, 4.69) is 46.1 Å². The van der Waals surface area contributed by atoms with Crippen molar-refractivity contribution in [1.82, 2.24) is 20.6 Å². The number of sulfonamides is 1. The predicted octanol–water partition coefficient (Wildman–Crippen LogP) is 2.97. The number of nitrogens with zero attached hydrogens (tertiary/aromatic N) is 3. The molecule has 8 heteroatoms. The maximum atomic E-state index is 12.6. The Kier molecular flexibility index (Phi) is 4.30. The third-order valence-electron chi connectivity index (χ3n) is 3.75. The van der Waals surface area contributed by atoms with Gasteiger partial charge in [0, 0.05) is 11.3 Å². The average molecular weight is 357 g/mol. The Hall–Kier alpha value is -2.74. The van der Waals surface area contributed by atoms with Crippen molar-refractivity contribution in [3.05, 3.63) is 54.1 Å². The summed E-state index contributed by atoms with van der Waals surface area (Å²) in [6.45, 7) is 6.24. The van der Waals surface area contributed by atoms with Crippen LogP contribution in [0, 0.1) is 0 Å². The van der Waals surface area contributed by atoms with Crippen molar-refractivity contribution in [2.24, 2.45) is 0 Å². The van der Waals surface area contributed by atoms with Crippen LogP contribution >= 0.6 is 0 Å². The molecule has 0 saturated heterocycles. The van der Waals surface area contributed by atoms with E-state index in [0.29, 0.717) is 17.1 Å². The summed E-state index contributed by atoms with van der Waals surface area (Å²) in [5.41, 5.74) is 2.14. The van der Waals surface area contributed by atoms with E-state index in [9.17, 15) is 8.42 Å². The molecule has 2 N–H and O–H groups in total. The number of hydrogen-bond acceptors (Lipinski definition) is 5. The van der Waals surface area contributed by atoms with Crippen LogP contribution in [0.25, 0.3) is 11.4 Å². The molecule has 0 spiro atoms. The fraction of sp³-hybridized carbons (Fsp3) is 0.235. The van der Waals surface area contributed by atoms with E-state index in [0.717, 1.165) is 5.56 Å². The first-order valence-corrected chi connectivity index (χ1v) is 9.21. The van der Waals surface area contributed by atoms with E-state index in [1.807, 2.05) is 12.1 Å². The molecule has 0 aliphatic carbocycles. The van der Waals surface area contributed by atoms with Crippen LogP contribution in [0.5, 0.6) is 0 Å². The molecule has 2 aromatic carbocycles. The van der Waals surface area contributed by atoms with Crippen LogP contribution in [0.3, 0.4) is 0 Å². The van der Waals surface area contributed by atoms with Crippen LogP contribution in [0.15, 0.2) is 53.4 Å². The van der Waals surface area contributed by atoms with Gasteiger partial charge in [0.15, 0.2) is 0 Å². The second-order valence-electron chi connectivity index (χ2n) is 6.70. The van der Waals surface area contributed by atoms with Crippen molar-refractivity contribution in [2.75, 3.05) is 4.72 Å². The summed E-state index contributed by atoms with van der Waals surface area (Å²) in [7, 11) is -3.68. The fourth-order valence-electron chi connectivity index (χ4n) is 2.35. The first-order chi connectivity index (χ1) is 11.8. The van der Waals surface area contributed by atoms with Crippen molar-refractivity contribution >= 4 is 15.7 Å². The predicted molar refractivity (Wildman–Crippen MR) is 95.6 cm³/mol. The highest BCUT2D eigenvalue weighted by Gasteiger charge is 2.18. The minimum Gasteiger partial charge on any atom is -0.280 e. The number of aromatic nitrogens is 4. The Balaban J connectivity index is 1.86. The number of rotatable bonds is 4. The smallest absolute Gasteiger partial charge is 0.261 e. The number of tetrazole rings is 1. The fourth-order valence-corrected chi connectivity index (χ4v) is 3.40. The van der Waals surface area contributed by atoms with Crippen LogP contribution in [0.4, 0.5) is 5.69 Å². The normalized spacial score (nSPS) is 12.1. The molecule has 0 amide bonds. The van der Waals surface area contributed by atoms with Gasteiger partial charge >= 0.3 is 0 Å². The Morgan fingerprint density at radius 3 is 2.36 bits per heavy atom. The molecule has 3 aromatic rings. The van der Waals surface area contributed by atoms with Crippen LogP contribution in [0.2, 0.25) is 0 Å². The molecular formula is C17H19N5O2S. The van der Waals surface area contributed by atoms with Gasteiger partial charge in [-0.05, 0) is 40.5 Å². The summed E-state index contributed by atoms with van der Waals surface area (Å²) in [6.07, 6.45) is 0. The SMILES string of the molecule is CC(C)(C)c1ccc(S(=O)(=O)Nc2cccc(-c3nn[nH]n3)c2)cc1. The lowest BCUT2D eigenvalue weighted by atomic mass is 9.87. The standard InChI is InChI=1S/C17H19N5O2S/c1-17(2,3)13-7-9-15(10-8-13)25(23,24)20-14-6-4-5-12(11-14)16-18-21-22-19-16/h4-11,20H,1-3H3,(H,18,19,21,22). The lowest BCUT2D eigenvalue weighted by molar-refractivity contribution is 0.587. The average Bonchev–Trinajstić information content (AvgIpc) is 3.08. The van der Waals surface area contributed by atoms with E-state index in [1.165, 1.54) is 0 Å². The zero-order chi connectivity index (χ0) is 18.1. The van der Waals surface area contributed by atoms with E-state index < -0.39 is 10.0 Å². The van der Waals surface area contributed by atoms with Gasteiger partial charge in [0.25, 0.3) is 10.0 Å². The molecule has 130 valence electrons. The topological polar surface area (TPSA) is 101 Å². The summed E-state index contributed by atoms with van der Waals surface area (Å²) in [5.74, 6) is 0.399. The second-order valence-corrected chi connectivity index (χ2v) is 8.38. The number of nitrogens with one attached hydrogen (secondary N) is 2. The molecule has 1 heterocycles. The number of H-pyrrole nitrogens is 1. The maximum Gasteiger partial charge on any atom is 0.261 e. The molecule has 1 aromatic heterocycles. The van der Waals surface area contributed by atoms with E-state index in [1.54, 1.807) is 36.4 Å². The van der Waals surface area contributed by atoms with Crippen molar-refractivity contribution in [2.45, 2.75) is 31.1 Å². The number of anilines is 1. The highest BCUT2D eigenvalue weighted by molar-refractivity contribution is 7.92. The quantitative estimate of drug-likeness (QED) is 0.747. The van der Waals surface area contributed by atoms with Gasteiger partial charge in [-0.15, -0.1) is 10.2 Å². The maximum absolute atomic E-state index is 12.6. The monoisotopic (exact) mass is 357 g/mol. The molecule has 0 aliphatic heterocycles. The van der Waals surface area contributed by atoms with Crippen LogP contribution in [0.1, 0.15) is 26.3 Å². The summed E-state index contributed by atoms with van der Waals surface area (Å²) in [6, 6.07) is 13.7. The van der Waals surface area contributed by atoms with Crippen molar-refractivity contribution in [1.29, 1.82) is 0 Å². The van der Waals surface area contributed by atoms with Crippen LogP contribution in [-0.2, 0) is 15.4 Å². The molecule has 0 fully saturated rings. The molecule has 0 atom stereocenters. The molecule has 0 aliphatic rings. The largest absolute Gasteiger partial charge is 0.280 e.